The van der Waals surface area contributed by atoms with Gasteiger partial charge in [-0.3, -0.25) is 0 Å². The average molecular weight is 820 g/mol. The summed E-state index contributed by atoms with van der Waals surface area (Å²) in [5, 5.41) is 8.50. The Hall–Kier alpha value is -6.45. The van der Waals surface area contributed by atoms with E-state index in [2.05, 4.69) is 189 Å². The van der Waals surface area contributed by atoms with Crippen LogP contribution in [0, 0.1) is 47.4 Å². The fourth-order valence-corrected chi connectivity index (χ4v) is 8.08. The fraction of sp³-hybridized carbons (Fsp3) is 0.220. The molecule has 0 unspecified atom stereocenters. The molecule has 0 fully saturated rings. The van der Waals surface area contributed by atoms with Crippen LogP contribution in [-0.2, 0) is 11.8 Å². The third kappa shape index (κ3) is 10.5. The Balaban J connectivity index is 0.000000137. The van der Waals surface area contributed by atoms with Crippen LogP contribution in [0.4, 0.5) is 10.1 Å². The number of hydrogen-bond donors (Lipinski definition) is 1. The zero-order valence-electron chi connectivity index (χ0n) is 38.3. The Morgan fingerprint density at radius 1 is 0.500 bits per heavy atom. The summed E-state index contributed by atoms with van der Waals surface area (Å²) >= 11 is 0. The number of hydrogen-bond acceptors (Lipinski definition) is 2. The molecule has 0 radical (unpaired) electrons. The molecule has 1 heterocycles. The van der Waals surface area contributed by atoms with Crippen LogP contribution in [0.3, 0.4) is 0 Å². The van der Waals surface area contributed by atoms with Crippen molar-refractivity contribution in [3.05, 3.63) is 220 Å². The lowest BCUT2D eigenvalue weighted by Crippen LogP contribution is -2.15. The largest absolute Gasteiger partial charge is 0.456 e. The molecule has 0 saturated carbocycles. The highest BCUT2D eigenvalue weighted by atomic mass is 19.1. The van der Waals surface area contributed by atoms with Crippen LogP contribution in [0.1, 0.15) is 77.8 Å². The number of furan rings is 1. The summed E-state index contributed by atoms with van der Waals surface area (Å²) in [7, 11) is 0. The molecule has 8 aromatic carbocycles. The summed E-state index contributed by atoms with van der Waals surface area (Å²) in [6.45, 7) is 22.4. The van der Waals surface area contributed by atoms with Crippen molar-refractivity contribution in [3.8, 4) is 11.1 Å². The molecule has 1 aliphatic rings. The second-order valence-electron chi connectivity index (χ2n) is 16.9. The van der Waals surface area contributed by atoms with E-state index < -0.39 is 0 Å². The summed E-state index contributed by atoms with van der Waals surface area (Å²) in [4.78, 5) is 0. The molecule has 2 nitrogen and oxygen atoms in total. The molecule has 0 bridgehead atoms. The van der Waals surface area contributed by atoms with Gasteiger partial charge in [-0.15, -0.1) is 0 Å². The van der Waals surface area contributed by atoms with Crippen molar-refractivity contribution >= 4 is 38.4 Å². The van der Waals surface area contributed by atoms with E-state index in [0.717, 1.165) is 24.1 Å². The SMILES string of the molecule is CCNc1ccc(C)cc1.CCc1cccc2oc3ccccc3c12.Cc1ccc(C)cc1.Cc1ccc2c(c1)C(C)(C)c1cc(C)c3ccccc3c1-2.Cc1ccccc1F. The monoisotopic (exact) mass is 819 g/mol. The van der Waals surface area contributed by atoms with Gasteiger partial charge in [-0.2, -0.15) is 0 Å². The molecule has 0 amide bonds. The Kier molecular flexibility index (Phi) is 14.8. The Bertz CT molecular complexity index is 2840. The molecular weight excluding hydrogens is 758 g/mol. The van der Waals surface area contributed by atoms with Gasteiger partial charge in [0.15, 0.2) is 0 Å². The van der Waals surface area contributed by atoms with Crippen LogP contribution >= 0.6 is 0 Å². The van der Waals surface area contributed by atoms with Crippen LogP contribution in [0.5, 0.6) is 0 Å². The number of aryl methyl sites for hydroxylation is 7. The van der Waals surface area contributed by atoms with Crippen LogP contribution in [0.2, 0.25) is 0 Å². The van der Waals surface area contributed by atoms with E-state index in [1.807, 2.05) is 24.3 Å². The van der Waals surface area contributed by atoms with Crippen molar-refractivity contribution in [3.63, 3.8) is 0 Å². The smallest absolute Gasteiger partial charge is 0.135 e. The highest BCUT2D eigenvalue weighted by molar-refractivity contribution is 6.07. The first-order valence-electron chi connectivity index (χ1n) is 21.9. The molecule has 62 heavy (non-hydrogen) atoms. The molecule has 1 aromatic heterocycles. The van der Waals surface area contributed by atoms with E-state index in [1.165, 1.54) is 88.9 Å². The first-order chi connectivity index (χ1) is 29.8. The van der Waals surface area contributed by atoms with E-state index in [4.69, 9.17) is 4.42 Å². The standard InChI is InChI=1S/C21H20.C14H12O.C9H13N.C8H10.C7H7F/c1-13-9-10-17-18(11-13)21(3,4)19-12-14(2)15-7-5-6-8-16(15)20(17)19;1-2-10-6-5-9-13-14(10)11-7-3-4-8-12(11)15-13;1-3-10-9-6-4-8(2)5-7-9;1-7-3-5-8(2)6-4-7;1-6-4-2-3-5-7(6)8/h5-12H,1-4H3;3-9H,2H2,1H3;4-7,10H,3H2,1-2H3;3-6H,1-2H3;2-5H,1H3. The summed E-state index contributed by atoms with van der Waals surface area (Å²) in [5.74, 6) is -0.132. The van der Waals surface area contributed by atoms with Crippen LogP contribution in [0.25, 0.3) is 43.8 Å². The number of nitrogens with one attached hydrogen (secondary N) is 1. The molecule has 0 saturated heterocycles. The minimum absolute atomic E-state index is 0.0888. The number of anilines is 1. The molecule has 1 aliphatic carbocycles. The van der Waals surface area contributed by atoms with E-state index in [1.54, 1.807) is 19.1 Å². The normalized spacial score (nSPS) is 11.7. The van der Waals surface area contributed by atoms with E-state index >= 15 is 0 Å². The van der Waals surface area contributed by atoms with E-state index in [0.29, 0.717) is 5.56 Å². The summed E-state index contributed by atoms with van der Waals surface area (Å²) in [6.07, 6.45) is 1.04. The van der Waals surface area contributed by atoms with Gasteiger partial charge in [0.1, 0.15) is 17.0 Å². The fourth-order valence-electron chi connectivity index (χ4n) is 8.08. The maximum atomic E-state index is 12.3. The maximum Gasteiger partial charge on any atom is 0.135 e. The van der Waals surface area contributed by atoms with Gasteiger partial charge in [-0.25, -0.2) is 4.39 Å². The molecule has 3 heteroatoms. The minimum Gasteiger partial charge on any atom is -0.456 e. The van der Waals surface area contributed by atoms with Crippen molar-refractivity contribution in [1.82, 2.24) is 0 Å². The number of halogens is 1. The van der Waals surface area contributed by atoms with Gasteiger partial charge in [0.25, 0.3) is 0 Å². The topological polar surface area (TPSA) is 25.2 Å². The van der Waals surface area contributed by atoms with Crippen LogP contribution in [0.15, 0.2) is 168 Å². The molecule has 316 valence electrons. The minimum atomic E-state index is -0.132. The predicted molar refractivity (Wildman–Crippen MR) is 266 cm³/mol. The first kappa shape index (κ1) is 45.1. The lowest BCUT2D eigenvalue weighted by molar-refractivity contribution is 0.618. The van der Waals surface area contributed by atoms with Gasteiger partial charge < -0.3 is 9.73 Å². The summed E-state index contributed by atoms with van der Waals surface area (Å²) in [5.41, 5.74) is 17.8. The molecule has 1 N–H and O–H groups in total. The number of para-hydroxylation sites is 1. The lowest BCUT2D eigenvalue weighted by atomic mass is 9.81. The average Bonchev–Trinajstić information content (AvgIpc) is 3.77. The zero-order valence-corrected chi connectivity index (χ0v) is 38.3. The van der Waals surface area contributed by atoms with Crippen molar-refractivity contribution < 1.29 is 8.81 Å². The second kappa shape index (κ2) is 20.4. The molecule has 9 aromatic rings. The Morgan fingerprint density at radius 2 is 1.05 bits per heavy atom. The van der Waals surface area contributed by atoms with Gasteiger partial charge in [0.2, 0.25) is 0 Å². The zero-order chi connectivity index (χ0) is 44.4. The van der Waals surface area contributed by atoms with Gasteiger partial charge in [-0.05, 0) is 135 Å². The quantitative estimate of drug-likeness (QED) is 0.192. The van der Waals surface area contributed by atoms with Gasteiger partial charge in [0.05, 0.1) is 0 Å². The van der Waals surface area contributed by atoms with Crippen molar-refractivity contribution in [2.45, 2.75) is 81.1 Å². The molecular formula is C59H62FNO. The van der Waals surface area contributed by atoms with Gasteiger partial charge in [0, 0.05) is 28.4 Å². The number of fused-ring (bicyclic) bond motifs is 8. The second-order valence-corrected chi connectivity index (χ2v) is 16.9. The Labute approximate surface area is 369 Å². The molecule has 0 aliphatic heterocycles. The highest BCUT2D eigenvalue weighted by Gasteiger charge is 2.36. The predicted octanol–water partition coefficient (Wildman–Crippen LogP) is 16.8. The molecule has 10 rings (SSSR count). The Morgan fingerprint density at radius 3 is 1.65 bits per heavy atom. The number of rotatable bonds is 3. The van der Waals surface area contributed by atoms with Crippen molar-refractivity contribution in [1.29, 1.82) is 0 Å². The van der Waals surface area contributed by atoms with Crippen molar-refractivity contribution in [2.24, 2.45) is 0 Å². The van der Waals surface area contributed by atoms with Crippen LogP contribution in [-0.4, -0.2) is 6.54 Å². The van der Waals surface area contributed by atoms with Crippen molar-refractivity contribution in [2.75, 3.05) is 11.9 Å². The molecule has 0 spiro atoms. The summed E-state index contributed by atoms with van der Waals surface area (Å²) < 4.78 is 18.1. The van der Waals surface area contributed by atoms with Gasteiger partial charge >= 0.3 is 0 Å². The third-order valence-corrected chi connectivity index (χ3v) is 11.6. The molecule has 0 atom stereocenters. The van der Waals surface area contributed by atoms with E-state index in [-0.39, 0.29) is 11.2 Å². The van der Waals surface area contributed by atoms with Crippen LogP contribution < -0.4 is 5.32 Å². The highest BCUT2D eigenvalue weighted by Crippen LogP contribution is 2.52. The van der Waals surface area contributed by atoms with Gasteiger partial charge in [-0.1, -0.05) is 176 Å². The maximum absolute atomic E-state index is 12.3. The summed E-state index contributed by atoms with van der Waals surface area (Å²) in [6, 6.07) is 56.2. The van der Waals surface area contributed by atoms with E-state index in [9.17, 15) is 4.39 Å². The lowest BCUT2D eigenvalue weighted by Gasteiger charge is -2.22. The first-order valence-corrected chi connectivity index (χ1v) is 21.9. The third-order valence-electron chi connectivity index (χ3n) is 11.6. The number of benzene rings is 8.